The van der Waals surface area contributed by atoms with Crippen molar-refractivity contribution < 1.29 is 4.79 Å². The molecular formula is C19H23N3O. The maximum absolute atomic E-state index is 12.2. The van der Waals surface area contributed by atoms with Crippen LogP contribution in [0.15, 0.2) is 48.7 Å². The van der Waals surface area contributed by atoms with Crippen LogP contribution in [0.2, 0.25) is 0 Å². The van der Waals surface area contributed by atoms with Crippen LogP contribution < -0.4 is 10.6 Å². The first kappa shape index (κ1) is 15.5. The lowest BCUT2D eigenvalue weighted by Crippen LogP contribution is -2.26. The van der Waals surface area contributed by atoms with Gasteiger partial charge in [-0.2, -0.15) is 0 Å². The van der Waals surface area contributed by atoms with Crippen LogP contribution in [0.4, 0.5) is 5.69 Å². The highest BCUT2D eigenvalue weighted by atomic mass is 16.1. The standard InChI is InChI=1S/C19H23N3O/c23-19(21-12-10-15-6-2-1-3-7-15)18-14-17(11-13-20-18)22-16-8-4-5-9-16/h1-3,6-7,11,13-14,16H,4-5,8-10,12H2,(H,20,22)(H,21,23). The molecular weight excluding hydrogens is 286 g/mol. The summed E-state index contributed by atoms with van der Waals surface area (Å²) in [5, 5.41) is 6.44. The van der Waals surface area contributed by atoms with Crippen LogP contribution in [0.3, 0.4) is 0 Å². The molecule has 0 bridgehead atoms. The number of benzene rings is 1. The molecule has 1 aromatic heterocycles. The van der Waals surface area contributed by atoms with Crippen LogP contribution in [-0.4, -0.2) is 23.5 Å². The highest BCUT2D eigenvalue weighted by Gasteiger charge is 2.15. The van der Waals surface area contributed by atoms with Gasteiger partial charge >= 0.3 is 0 Å². The van der Waals surface area contributed by atoms with Gasteiger partial charge in [0.05, 0.1) is 0 Å². The number of pyridine rings is 1. The molecule has 0 aliphatic heterocycles. The van der Waals surface area contributed by atoms with Crippen LogP contribution in [0.25, 0.3) is 0 Å². The molecule has 0 unspecified atom stereocenters. The van der Waals surface area contributed by atoms with Crippen molar-refractivity contribution >= 4 is 11.6 Å². The fourth-order valence-corrected chi connectivity index (χ4v) is 3.01. The van der Waals surface area contributed by atoms with Crippen molar-refractivity contribution in [3.05, 3.63) is 59.9 Å². The zero-order chi connectivity index (χ0) is 15.9. The first-order valence-corrected chi connectivity index (χ1v) is 8.36. The summed E-state index contributed by atoms with van der Waals surface area (Å²) in [6.45, 7) is 0.616. The SMILES string of the molecule is O=C(NCCc1ccccc1)c1cc(NC2CCCC2)ccn1. The number of nitrogens with zero attached hydrogens (tertiary/aromatic N) is 1. The van der Waals surface area contributed by atoms with Crippen LogP contribution in [-0.2, 0) is 6.42 Å². The zero-order valence-corrected chi connectivity index (χ0v) is 13.3. The van der Waals surface area contributed by atoms with Gasteiger partial charge in [-0.25, -0.2) is 0 Å². The summed E-state index contributed by atoms with van der Waals surface area (Å²) in [6, 6.07) is 14.5. The van der Waals surface area contributed by atoms with E-state index in [1.807, 2.05) is 30.3 Å². The summed E-state index contributed by atoms with van der Waals surface area (Å²) >= 11 is 0. The highest BCUT2D eigenvalue weighted by Crippen LogP contribution is 2.22. The van der Waals surface area contributed by atoms with Gasteiger partial charge in [0.15, 0.2) is 0 Å². The Bertz CT molecular complexity index is 636. The lowest BCUT2D eigenvalue weighted by molar-refractivity contribution is 0.0949. The Hall–Kier alpha value is -2.36. The molecule has 0 radical (unpaired) electrons. The van der Waals surface area contributed by atoms with Gasteiger partial charge in [0.2, 0.25) is 0 Å². The molecule has 1 fully saturated rings. The molecule has 0 saturated heterocycles. The normalized spacial score (nSPS) is 14.6. The third kappa shape index (κ3) is 4.55. The predicted octanol–water partition coefficient (Wildman–Crippen LogP) is 3.41. The molecule has 23 heavy (non-hydrogen) atoms. The van der Waals surface area contributed by atoms with E-state index in [9.17, 15) is 4.79 Å². The second-order valence-corrected chi connectivity index (χ2v) is 6.05. The Morgan fingerprint density at radius 3 is 2.70 bits per heavy atom. The fourth-order valence-electron chi connectivity index (χ4n) is 3.01. The van der Waals surface area contributed by atoms with E-state index in [2.05, 4.69) is 27.8 Å². The average Bonchev–Trinajstić information content (AvgIpc) is 3.09. The van der Waals surface area contributed by atoms with Crippen LogP contribution in [0.1, 0.15) is 41.7 Å². The molecule has 0 spiro atoms. The van der Waals surface area contributed by atoms with Gasteiger partial charge in [0.25, 0.3) is 5.91 Å². The number of amides is 1. The van der Waals surface area contributed by atoms with Gasteiger partial charge in [0.1, 0.15) is 5.69 Å². The summed E-state index contributed by atoms with van der Waals surface area (Å²) < 4.78 is 0. The number of carbonyl (C=O) groups is 1. The minimum atomic E-state index is -0.115. The Morgan fingerprint density at radius 1 is 1.13 bits per heavy atom. The molecule has 2 N–H and O–H groups in total. The Kier molecular flexibility index (Phi) is 5.25. The first-order chi connectivity index (χ1) is 11.3. The summed E-state index contributed by atoms with van der Waals surface area (Å²) in [6.07, 6.45) is 7.52. The van der Waals surface area contributed by atoms with Gasteiger partial charge < -0.3 is 10.6 Å². The number of anilines is 1. The molecule has 1 heterocycles. The van der Waals surface area contributed by atoms with Crippen molar-refractivity contribution in [3.63, 3.8) is 0 Å². The summed E-state index contributed by atoms with van der Waals surface area (Å²) in [5.74, 6) is -0.115. The van der Waals surface area contributed by atoms with Crippen LogP contribution >= 0.6 is 0 Å². The Morgan fingerprint density at radius 2 is 1.91 bits per heavy atom. The molecule has 120 valence electrons. The fraction of sp³-hybridized carbons (Fsp3) is 0.368. The lowest BCUT2D eigenvalue weighted by atomic mass is 10.1. The van der Waals surface area contributed by atoms with E-state index in [0.29, 0.717) is 18.3 Å². The first-order valence-electron chi connectivity index (χ1n) is 8.36. The molecule has 1 saturated carbocycles. The summed E-state index contributed by atoms with van der Waals surface area (Å²) in [7, 11) is 0. The number of rotatable bonds is 6. The van der Waals surface area contributed by atoms with E-state index < -0.39 is 0 Å². The minimum Gasteiger partial charge on any atom is -0.382 e. The molecule has 4 nitrogen and oxygen atoms in total. The smallest absolute Gasteiger partial charge is 0.269 e. The topological polar surface area (TPSA) is 54.0 Å². The maximum Gasteiger partial charge on any atom is 0.269 e. The lowest BCUT2D eigenvalue weighted by Gasteiger charge is -2.14. The van der Waals surface area contributed by atoms with Crippen molar-refractivity contribution in [2.75, 3.05) is 11.9 Å². The monoisotopic (exact) mass is 309 g/mol. The van der Waals surface area contributed by atoms with E-state index in [-0.39, 0.29) is 5.91 Å². The van der Waals surface area contributed by atoms with E-state index in [1.54, 1.807) is 6.20 Å². The average molecular weight is 309 g/mol. The van der Waals surface area contributed by atoms with E-state index in [4.69, 9.17) is 0 Å². The molecule has 2 aromatic rings. The van der Waals surface area contributed by atoms with E-state index in [0.717, 1.165) is 12.1 Å². The molecule has 1 aliphatic rings. The van der Waals surface area contributed by atoms with E-state index in [1.165, 1.54) is 31.2 Å². The second-order valence-electron chi connectivity index (χ2n) is 6.05. The third-order valence-electron chi connectivity index (χ3n) is 4.26. The Labute approximate surface area is 137 Å². The molecule has 3 rings (SSSR count). The van der Waals surface area contributed by atoms with Crippen molar-refractivity contribution in [2.24, 2.45) is 0 Å². The van der Waals surface area contributed by atoms with Gasteiger partial charge in [-0.3, -0.25) is 9.78 Å². The van der Waals surface area contributed by atoms with Crippen LogP contribution in [0.5, 0.6) is 0 Å². The van der Waals surface area contributed by atoms with Crippen molar-refractivity contribution in [2.45, 2.75) is 38.1 Å². The Balaban J connectivity index is 1.52. The number of nitrogens with one attached hydrogen (secondary N) is 2. The minimum absolute atomic E-state index is 0.115. The molecule has 1 amide bonds. The maximum atomic E-state index is 12.2. The second kappa shape index (κ2) is 7.77. The van der Waals surface area contributed by atoms with Crippen molar-refractivity contribution in [1.29, 1.82) is 0 Å². The quantitative estimate of drug-likeness (QED) is 0.860. The van der Waals surface area contributed by atoms with Crippen molar-refractivity contribution in [1.82, 2.24) is 10.3 Å². The third-order valence-corrected chi connectivity index (χ3v) is 4.26. The van der Waals surface area contributed by atoms with Gasteiger partial charge in [-0.1, -0.05) is 43.2 Å². The number of aromatic nitrogens is 1. The predicted molar refractivity (Wildman–Crippen MR) is 92.6 cm³/mol. The van der Waals surface area contributed by atoms with E-state index >= 15 is 0 Å². The summed E-state index contributed by atoms with van der Waals surface area (Å²) in [4.78, 5) is 16.4. The number of hydrogen-bond acceptors (Lipinski definition) is 3. The van der Waals surface area contributed by atoms with Crippen molar-refractivity contribution in [3.8, 4) is 0 Å². The van der Waals surface area contributed by atoms with Crippen LogP contribution in [0, 0.1) is 0 Å². The number of hydrogen-bond donors (Lipinski definition) is 2. The molecule has 0 atom stereocenters. The van der Waals surface area contributed by atoms with Gasteiger partial charge in [0, 0.05) is 24.5 Å². The largest absolute Gasteiger partial charge is 0.382 e. The highest BCUT2D eigenvalue weighted by molar-refractivity contribution is 5.93. The number of carbonyl (C=O) groups excluding carboxylic acids is 1. The van der Waals surface area contributed by atoms with Gasteiger partial charge in [-0.05, 0) is 37.0 Å². The molecule has 1 aromatic carbocycles. The van der Waals surface area contributed by atoms with Gasteiger partial charge in [-0.15, -0.1) is 0 Å². The molecule has 1 aliphatic carbocycles. The molecule has 4 heteroatoms. The zero-order valence-electron chi connectivity index (χ0n) is 13.3. The summed E-state index contributed by atoms with van der Waals surface area (Å²) in [5.41, 5.74) is 2.68.